The largest absolute Gasteiger partial charge is 0.497 e. The lowest BCUT2D eigenvalue weighted by Crippen LogP contribution is -2.38. The predicted octanol–water partition coefficient (Wildman–Crippen LogP) is 3.87. The molecule has 1 saturated heterocycles. The lowest BCUT2D eigenvalue weighted by atomic mass is 9.88. The molecule has 206 valence electrons. The minimum Gasteiger partial charge on any atom is -0.497 e. The molecule has 2 aliphatic heterocycles. The lowest BCUT2D eigenvalue weighted by Gasteiger charge is -2.31. The molecule has 5 rings (SSSR count). The SMILES string of the molecule is CCn1cc(-c2cc(CN3CCN(C)C3=N)cc3c2CCN(Cc2cc(OC)ccn2)C3=O)c(C(F)(F)F)n1. The van der Waals surface area contributed by atoms with Crippen LogP contribution in [-0.4, -0.2) is 75.1 Å². The standard InChI is InChI=1S/C27H30F3N7O2/c1-4-37-16-23(24(33-37)27(28,29)30)21-11-17(14-36-10-9-34(2)26(36)31)12-22-20(21)6-8-35(25(22)38)15-18-13-19(39-3)5-7-32-18/h5,7,11-13,16,31H,4,6,8-10,14-15H2,1-3H3. The number of likely N-dealkylation sites (N-methyl/N-ethyl adjacent to an activating group) is 1. The summed E-state index contributed by atoms with van der Waals surface area (Å²) in [7, 11) is 3.38. The summed E-state index contributed by atoms with van der Waals surface area (Å²) in [4.78, 5) is 23.4. The number of hydrogen-bond acceptors (Lipinski definition) is 5. The number of aryl methyl sites for hydroxylation is 1. The molecule has 12 heteroatoms. The first-order chi connectivity index (χ1) is 18.6. The van der Waals surface area contributed by atoms with Crippen molar-refractivity contribution in [3.05, 3.63) is 64.7 Å². The summed E-state index contributed by atoms with van der Waals surface area (Å²) in [5.41, 5.74) is 1.62. The van der Waals surface area contributed by atoms with E-state index in [2.05, 4.69) is 10.1 Å². The van der Waals surface area contributed by atoms with Gasteiger partial charge in [0.1, 0.15) is 5.75 Å². The van der Waals surface area contributed by atoms with Crippen molar-refractivity contribution in [1.29, 1.82) is 5.41 Å². The molecular formula is C27H30F3N7O2. The average molecular weight is 542 g/mol. The summed E-state index contributed by atoms with van der Waals surface area (Å²) in [6.07, 6.45) is -1.25. The van der Waals surface area contributed by atoms with Gasteiger partial charge in [-0.25, -0.2) is 0 Å². The van der Waals surface area contributed by atoms with Gasteiger partial charge in [-0.2, -0.15) is 18.3 Å². The number of hydrogen-bond donors (Lipinski definition) is 1. The Hall–Kier alpha value is -4.09. The zero-order valence-electron chi connectivity index (χ0n) is 22.0. The molecule has 39 heavy (non-hydrogen) atoms. The first-order valence-corrected chi connectivity index (χ1v) is 12.7. The molecule has 0 saturated carbocycles. The van der Waals surface area contributed by atoms with Crippen LogP contribution in [0.2, 0.25) is 0 Å². The van der Waals surface area contributed by atoms with E-state index in [9.17, 15) is 18.0 Å². The van der Waals surface area contributed by atoms with Gasteiger partial charge in [-0.05, 0) is 48.2 Å². The van der Waals surface area contributed by atoms with Crippen LogP contribution < -0.4 is 4.74 Å². The van der Waals surface area contributed by atoms with E-state index in [-0.39, 0.29) is 24.6 Å². The van der Waals surface area contributed by atoms with E-state index < -0.39 is 11.9 Å². The summed E-state index contributed by atoms with van der Waals surface area (Å²) < 4.78 is 48.8. The number of fused-ring (bicyclic) bond motifs is 1. The summed E-state index contributed by atoms with van der Waals surface area (Å²) in [6.45, 7) is 4.19. The van der Waals surface area contributed by atoms with E-state index in [1.807, 2.05) is 11.9 Å². The Labute approximate surface area is 224 Å². The molecule has 3 aromatic rings. The van der Waals surface area contributed by atoms with E-state index in [1.165, 1.54) is 10.9 Å². The van der Waals surface area contributed by atoms with Gasteiger partial charge in [-0.3, -0.25) is 19.9 Å². The Kier molecular flexibility index (Phi) is 6.96. The van der Waals surface area contributed by atoms with Crippen LogP contribution in [0.4, 0.5) is 13.2 Å². The third-order valence-corrected chi connectivity index (χ3v) is 7.22. The number of nitrogens with zero attached hydrogens (tertiary/aromatic N) is 6. The van der Waals surface area contributed by atoms with Gasteiger partial charge >= 0.3 is 6.18 Å². The molecule has 0 atom stereocenters. The molecule has 0 radical (unpaired) electrons. The van der Waals surface area contributed by atoms with Crippen LogP contribution in [-0.2, 0) is 32.2 Å². The van der Waals surface area contributed by atoms with Gasteiger partial charge in [0.25, 0.3) is 5.91 Å². The van der Waals surface area contributed by atoms with Crippen molar-refractivity contribution in [2.45, 2.75) is 39.2 Å². The number of methoxy groups -OCH3 is 1. The number of rotatable bonds is 7. The number of ether oxygens (including phenoxy) is 1. The van der Waals surface area contributed by atoms with Gasteiger partial charge in [-0.1, -0.05) is 0 Å². The molecule has 1 N–H and O–H groups in total. The zero-order valence-corrected chi connectivity index (χ0v) is 22.0. The second-order valence-electron chi connectivity index (χ2n) is 9.74. The molecule has 9 nitrogen and oxygen atoms in total. The Morgan fingerprint density at radius 2 is 1.82 bits per heavy atom. The Morgan fingerprint density at radius 1 is 1.05 bits per heavy atom. The van der Waals surface area contributed by atoms with Crippen LogP contribution in [0.25, 0.3) is 11.1 Å². The van der Waals surface area contributed by atoms with E-state index in [0.29, 0.717) is 72.3 Å². The summed E-state index contributed by atoms with van der Waals surface area (Å²) in [5.74, 6) is 0.690. The average Bonchev–Trinajstić information content (AvgIpc) is 3.49. The Balaban J connectivity index is 1.58. The fourth-order valence-corrected chi connectivity index (χ4v) is 5.15. The smallest absolute Gasteiger partial charge is 0.435 e. The van der Waals surface area contributed by atoms with Gasteiger partial charge in [0.15, 0.2) is 11.7 Å². The van der Waals surface area contributed by atoms with Gasteiger partial charge < -0.3 is 19.4 Å². The minimum atomic E-state index is -4.65. The second-order valence-corrected chi connectivity index (χ2v) is 9.74. The molecule has 0 spiro atoms. The van der Waals surface area contributed by atoms with Crippen molar-refractivity contribution in [3.8, 4) is 16.9 Å². The number of benzene rings is 1. The Bertz CT molecular complexity index is 1420. The molecule has 1 fully saturated rings. The second kappa shape index (κ2) is 10.2. The highest BCUT2D eigenvalue weighted by Crippen LogP contribution is 2.40. The van der Waals surface area contributed by atoms with Crippen molar-refractivity contribution in [2.24, 2.45) is 0 Å². The number of alkyl halides is 3. The lowest BCUT2D eigenvalue weighted by molar-refractivity contribution is -0.141. The molecule has 0 unspecified atom stereocenters. The number of carbonyl (C=O) groups is 1. The van der Waals surface area contributed by atoms with Gasteiger partial charge in [0, 0.05) is 69.4 Å². The maximum Gasteiger partial charge on any atom is 0.435 e. The zero-order chi connectivity index (χ0) is 27.9. The highest BCUT2D eigenvalue weighted by Gasteiger charge is 2.39. The normalized spacial score (nSPS) is 15.8. The van der Waals surface area contributed by atoms with Crippen LogP contribution in [0.1, 0.15) is 39.8 Å². The molecule has 0 bridgehead atoms. The van der Waals surface area contributed by atoms with Crippen LogP contribution in [0.3, 0.4) is 0 Å². The first-order valence-electron chi connectivity index (χ1n) is 12.7. The minimum absolute atomic E-state index is 0.0354. The highest BCUT2D eigenvalue weighted by molar-refractivity contribution is 5.99. The van der Waals surface area contributed by atoms with Gasteiger partial charge in [-0.15, -0.1) is 0 Å². The van der Waals surface area contributed by atoms with Crippen LogP contribution in [0.15, 0.2) is 36.7 Å². The maximum absolute atomic E-state index is 14.1. The summed E-state index contributed by atoms with van der Waals surface area (Å²) >= 11 is 0. The van der Waals surface area contributed by atoms with E-state index in [0.717, 1.165) is 0 Å². The van der Waals surface area contributed by atoms with Crippen molar-refractivity contribution in [1.82, 2.24) is 29.5 Å². The van der Waals surface area contributed by atoms with Crippen molar-refractivity contribution in [2.75, 3.05) is 33.8 Å². The van der Waals surface area contributed by atoms with E-state index in [4.69, 9.17) is 10.1 Å². The molecule has 1 aromatic carbocycles. The number of carbonyl (C=O) groups excluding carboxylic acids is 1. The van der Waals surface area contributed by atoms with E-state index >= 15 is 0 Å². The van der Waals surface area contributed by atoms with Crippen molar-refractivity contribution >= 4 is 11.9 Å². The molecule has 2 aromatic heterocycles. The number of nitrogens with one attached hydrogen (secondary N) is 1. The molecule has 0 aliphatic carbocycles. The molecule has 1 amide bonds. The van der Waals surface area contributed by atoms with Gasteiger partial charge in [0.2, 0.25) is 0 Å². The monoisotopic (exact) mass is 541 g/mol. The third kappa shape index (κ3) is 5.15. The summed E-state index contributed by atoms with van der Waals surface area (Å²) in [6, 6.07) is 6.96. The van der Waals surface area contributed by atoms with E-state index in [1.54, 1.807) is 54.3 Å². The van der Waals surface area contributed by atoms with Crippen LogP contribution in [0, 0.1) is 5.41 Å². The van der Waals surface area contributed by atoms with Crippen molar-refractivity contribution < 1.29 is 22.7 Å². The number of pyridine rings is 1. The number of halogens is 3. The predicted molar refractivity (Wildman–Crippen MR) is 138 cm³/mol. The first kappa shape index (κ1) is 26.5. The van der Waals surface area contributed by atoms with Crippen molar-refractivity contribution in [3.63, 3.8) is 0 Å². The highest BCUT2D eigenvalue weighted by atomic mass is 19.4. The molecular weight excluding hydrogens is 511 g/mol. The molecule has 2 aliphatic rings. The number of aromatic nitrogens is 3. The fraction of sp³-hybridized carbons (Fsp3) is 0.407. The number of amides is 1. The summed E-state index contributed by atoms with van der Waals surface area (Å²) in [5, 5.41) is 12.2. The quantitative estimate of drug-likeness (QED) is 0.489. The van der Waals surface area contributed by atoms with Crippen LogP contribution in [0.5, 0.6) is 5.75 Å². The number of guanidine groups is 1. The topological polar surface area (TPSA) is 90.6 Å². The molecule has 4 heterocycles. The Morgan fingerprint density at radius 3 is 2.49 bits per heavy atom. The van der Waals surface area contributed by atoms with Gasteiger partial charge in [0.05, 0.1) is 19.3 Å². The fourth-order valence-electron chi connectivity index (χ4n) is 5.15. The third-order valence-electron chi connectivity index (χ3n) is 7.22. The maximum atomic E-state index is 14.1. The van der Waals surface area contributed by atoms with Crippen LogP contribution >= 0.6 is 0 Å².